The highest BCUT2D eigenvalue weighted by atomic mass is 16.3. The van der Waals surface area contributed by atoms with Gasteiger partial charge in [-0.3, -0.25) is 0 Å². The molecule has 1 rings (SSSR count). The van der Waals surface area contributed by atoms with Gasteiger partial charge < -0.3 is 10.4 Å². The molecule has 0 radical (unpaired) electrons. The molecule has 98 valence electrons. The topological polar surface area (TPSA) is 56.0 Å². The number of aliphatic hydroxyl groups excluding tert-OH is 1. The highest BCUT2D eigenvalue weighted by Gasteiger charge is 2.07. The van der Waals surface area contributed by atoms with Crippen LogP contribution in [0.5, 0.6) is 0 Å². The fourth-order valence-corrected chi connectivity index (χ4v) is 2.13. The second-order valence-corrected chi connectivity index (χ2v) is 4.57. The van der Waals surface area contributed by atoms with Crippen molar-refractivity contribution in [3.8, 4) is 6.07 Å². The molecule has 3 heteroatoms. The molecular formula is C15H22N2O. The van der Waals surface area contributed by atoms with Gasteiger partial charge in [0.2, 0.25) is 0 Å². The van der Waals surface area contributed by atoms with Gasteiger partial charge in [-0.15, -0.1) is 0 Å². The summed E-state index contributed by atoms with van der Waals surface area (Å²) in [7, 11) is 0. The number of hydrogen-bond acceptors (Lipinski definition) is 3. The van der Waals surface area contributed by atoms with Crippen molar-refractivity contribution < 1.29 is 5.11 Å². The molecule has 1 aromatic rings. The fraction of sp³-hybridized carbons (Fsp3) is 0.533. The van der Waals surface area contributed by atoms with Crippen molar-refractivity contribution >= 4 is 0 Å². The first-order chi connectivity index (χ1) is 8.81. The first kappa shape index (κ1) is 14.7. The van der Waals surface area contributed by atoms with Crippen LogP contribution in [0.25, 0.3) is 0 Å². The second kappa shape index (κ2) is 8.68. The lowest BCUT2D eigenvalue weighted by molar-refractivity contribution is 0.248. The third-order valence-electron chi connectivity index (χ3n) is 3.12. The monoisotopic (exact) mass is 246 g/mol. The highest BCUT2D eigenvalue weighted by molar-refractivity contribution is 5.37. The van der Waals surface area contributed by atoms with Gasteiger partial charge in [-0.05, 0) is 36.9 Å². The summed E-state index contributed by atoms with van der Waals surface area (Å²) in [5, 5.41) is 21.4. The quantitative estimate of drug-likeness (QED) is 0.740. The summed E-state index contributed by atoms with van der Waals surface area (Å²) in [6, 6.07) is 9.86. The molecule has 1 atom stereocenters. The van der Waals surface area contributed by atoms with Crippen LogP contribution in [-0.2, 0) is 6.54 Å². The predicted molar refractivity (Wildman–Crippen MR) is 73.0 cm³/mol. The maximum absolute atomic E-state index is 8.99. The summed E-state index contributed by atoms with van der Waals surface area (Å²) in [6.07, 6.45) is 3.12. The van der Waals surface area contributed by atoms with Crippen LogP contribution in [0, 0.1) is 17.2 Å². The molecule has 18 heavy (non-hydrogen) atoms. The van der Waals surface area contributed by atoms with Gasteiger partial charge in [0, 0.05) is 13.2 Å². The Morgan fingerprint density at radius 3 is 2.78 bits per heavy atom. The lowest BCUT2D eigenvalue weighted by atomic mass is 10.00. The van der Waals surface area contributed by atoms with E-state index >= 15 is 0 Å². The molecule has 0 spiro atoms. The Bertz CT molecular complexity index is 378. The van der Waals surface area contributed by atoms with Crippen molar-refractivity contribution in [2.24, 2.45) is 5.92 Å². The molecule has 0 fully saturated rings. The number of nitrogens with zero attached hydrogens (tertiary/aromatic N) is 1. The fourth-order valence-electron chi connectivity index (χ4n) is 2.13. The third kappa shape index (κ3) is 4.87. The van der Waals surface area contributed by atoms with Gasteiger partial charge in [0.15, 0.2) is 0 Å². The second-order valence-electron chi connectivity index (χ2n) is 4.57. The van der Waals surface area contributed by atoms with E-state index in [1.54, 1.807) is 0 Å². The molecule has 3 nitrogen and oxygen atoms in total. The van der Waals surface area contributed by atoms with Crippen molar-refractivity contribution in [1.82, 2.24) is 5.32 Å². The summed E-state index contributed by atoms with van der Waals surface area (Å²) >= 11 is 0. The largest absolute Gasteiger partial charge is 0.396 e. The Kier molecular flexibility index (Phi) is 7.09. The van der Waals surface area contributed by atoms with Gasteiger partial charge in [0.1, 0.15) is 0 Å². The molecule has 0 aromatic heterocycles. The summed E-state index contributed by atoms with van der Waals surface area (Å²) in [5.41, 5.74) is 1.78. The van der Waals surface area contributed by atoms with Crippen molar-refractivity contribution in [2.45, 2.75) is 32.7 Å². The van der Waals surface area contributed by atoms with E-state index in [9.17, 15) is 0 Å². The lowest BCUT2D eigenvalue weighted by Gasteiger charge is -2.16. The molecule has 0 aliphatic heterocycles. The summed E-state index contributed by atoms with van der Waals surface area (Å²) in [5.74, 6) is 0.522. The molecule has 0 bridgehead atoms. The van der Waals surface area contributed by atoms with Crippen LogP contribution in [0.2, 0.25) is 0 Å². The molecule has 1 unspecified atom stereocenters. The van der Waals surface area contributed by atoms with Gasteiger partial charge in [-0.2, -0.15) is 5.26 Å². The van der Waals surface area contributed by atoms with Crippen molar-refractivity contribution in [3.63, 3.8) is 0 Å². The number of hydrogen-bond donors (Lipinski definition) is 2. The molecule has 0 saturated heterocycles. The van der Waals surface area contributed by atoms with E-state index in [0.29, 0.717) is 5.92 Å². The maximum Gasteiger partial charge on any atom is 0.0995 e. The van der Waals surface area contributed by atoms with Gasteiger partial charge in [-0.25, -0.2) is 0 Å². The van der Waals surface area contributed by atoms with Crippen molar-refractivity contribution in [3.05, 3.63) is 35.4 Å². The smallest absolute Gasteiger partial charge is 0.0995 e. The van der Waals surface area contributed by atoms with Gasteiger partial charge >= 0.3 is 0 Å². The summed E-state index contributed by atoms with van der Waals surface area (Å²) in [6.45, 7) is 4.03. The zero-order chi connectivity index (χ0) is 13.2. The molecule has 0 heterocycles. The van der Waals surface area contributed by atoms with E-state index in [4.69, 9.17) is 10.4 Å². The first-order valence-corrected chi connectivity index (χ1v) is 6.61. The van der Waals surface area contributed by atoms with Crippen LogP contribution >= 0.6 is 0 Å². The van der Waals surface area contributed by atoms with Crippen molar-refractivity contribution in [2.75, 3.05) is 13.2 Å². The number of benzene rings is 1. The van der Waals surface area contributed by atoms with E-state index in [1.165, 1.54) is 0 Å². The van der Waals surface area contributed by atoms with Gasteiger partial charge in [0.25, 0.3) is 0 Å². The number of nitriles is 1. The minimum absolute atomic E-state index is 0.251. The zero-order valence-electron chi connectivity index (χ0n) is 11.0. The Balaban J connectivity index is 2.42. The molecule has 2 N–H and O–H groups in total. The predicted octanol–water partition coefficient (Wildman–Crippen LogP) is 2.45. The molecule has 0 amide bonds. The minimum Gasteiger partial charge on any atom is -0.396 e. The van der Waals surface area contributed by atoms with Crippen molar-refractivity contribution in [1.29, 1.82) is 5.26 Å². The average molecular weight is 246 g/mol. The lowest BCUT2D eigenvalue weighted by Crippen LogP contribution is -2.23. The van der Waals surface area contributed by atoms with E-state index < -0.39 is 0 Å². The Morgan fingerprint density at radius 2 is 2.11 bits per heavy atom. The number of rotatable bonds is 8. The molecule has 0 aliphatic rings. The molecular weight excluding hydrogens is 224 g/mol. The van der Waals surface area contributed by atoms with Crippen LogP contribution in [0.3, 0.4) is 0 Å². The summed E-state index contributed by atoms with van der Waals surface area (Å²) < 4.78 is 0. The normalized spacial score (nSPS) is 12.1. The number of nitrogens with one attached hydrogen (secondary N) is 1. The first-order valence-electron chi connectivity index (χ1n) is 6.61. The summed E-state index contributed by atoms with van der Waals surface area (Å²) in [4.78, 5) is 0. The zero-order valence-corrected chi connectivity index (χ0v) is 11.0. The molecule has 0 aliphatic carbocycles. The highest BCUT2D eigenvalue weighted by Crippen LogP contribution is 2.11. The number of aliphatic hydroxyl groups is 1. The average Bonchev–Trinajstić information content (AvgIpc) is 2.40. The van der Waals surface area contributed by atoms with Crippen LogP contribution in [0.15, 0.2) is 24.3 Å². The van der Waals surface area contributed by atoms with Crippen LogP contribution < -0.4 is 5.32 Å². The van der Waals surface area contributed by atoms with E-state index in [0.717, 1.165) is 43.5 Å². The van der Waals surface area contributed by atoms with E-state index in [1.807, 2.05) is 24.3 Å². The third-order valence-corrected chi connectivity index (χ3v) is 3.12. The maximum atomic E-state index is 8.99. The van der Waals surface area contributed by atoms with Crippen LogP contribution in [0.1, 0.15) is 37.3 Å². The Labute approximate surface area is 109 Å². The standard InChI is InChI=1S/C15H22N2O/c1-2-5-13(8-9-18)11-17-12-15-7-4-3-6-14(15)10-16/h3-4,6-7,13,17-18H,2,5,8-9,11-12H2,1H3. The van der Waals surface area contributed by atoms with Crippen LogP contribution in [0.4, 0.5) is 0 Å². The SMILES string of the molecule is CCCC(CCO)CNCc1ccccc1C#N. The van der Waals surface area contributed by atoms with Crippen LogP contribution in [-0.4, -0.2) is 18.3 Å². The molecule has 1 aromatic carbocycles. The van der Waals surface area contributed by atoms with E-state index in [2.05, 4.69) is 18.3 Å². The van der Waals surface area contributed by atoms with Gasteiger partial charge in [0.05, 0.1) is 11.6 Å². The van der Waals surface area contributed by atoms with E-state index in [-0.39, 0.29) is 6.61 Å². The Hall–Kier alpha value is -1.37. The molecule has 0 saturated carbocycles. The Morgan fingerprint density at radius 1 is 1.33 bits per heavy atom. The minimum atomic E-state index is 0.251. The van der Waals surface area contributed by atoms with Gasteiger partial charge in [-0.1, -0.05) is 31.5 Å².